The lowest BCUT2D eigenvalue weighted by atomic mass is 9.85. The van der Waals surface area contributed by atoms with Crippen LogP contribution in [0.15, 0.2) is 48.7 Å². The van der Waals surface area contributed by atoms with E-state index in [9.17, 15) is 9.90 Å². The van der Waals surface area contributed by atoms with Gasteiger partial charge in [0.15, 0.2) is 0 Å². The first-order valence-electron chi connectivity index (χ1n) is 10.6. The van der Waals surface area contributed by atoms with E-state index in [1.807, 2.05) is 57.2 Å². The SMILES string of the molecule is Cc1cccc(-c2cc(-c3cn(Cc4cccc(C(C)(C)CC(=O)O)n4)nn3)nc(N)n2)c1Cl. The number of carboxylic acid groups (broad SMARTS) is 1. The second kappa shape index (κ2) is 9.18. The van der Waals surface area contributed by atoms with Crippen LogP contribution in [0.5, 0.6) is 0 Å². The van der Waals surface area contributed by atoms with Gasteiger partial charge < -0.3 is 10.8 Å². The predicted molar refractivity (Wildman–Crippen MR) is 129 cm³/mol. The zero-order chi connectivity index (χ0) is 24.5. The van der Waals surface area contributed by atoms with E-state index in [0.29, 0.717) is 34.3 Å². The number of nitrogens with two attached hydrogens (primary N) is 1. The molecule has 3 N–H and O–H groups in total. The first-order valence-corrected chi connectivity index (χ1v) is 11.0. The van der Waals surface area contributed by atoms with Crippen LogP contribution in [-0.4, -0.2) is 41.0 Å². The second-order valence-corrected chi connectivity index (χ2v) is 9.08. The van der Waals surface area contributed by atoms with E-state index >= 15 is 0 Å². The van der Waals surface area contributed by atoms with Crippen LogP contribution in [0.4, 0.5) is 5.95 Å². The van der Waals surface area contributed by atoms with Gasteiger partial charge in [0.2, 0.25) is 5.95 Å². The van der Waals surface area contributed by atoms with Crippen molar-refractivity contribution >= 4 is 23.5 Å². The largest absolute Gasteiger partial charge is 0.481 e. The van der Waals surface area contributed by atoms with Crippen LogP contribution in [0.3, 0.4) is 0 Å². The highest BCUT2D eigenvalue weighted by Crippen LogP contribution is 2.31. The van der Waals surface area contributed by atoms with Gasteiger partial charge in [0, 0.05) is 16.7 Å². The third kappa shape index (κ3) is 5.04. The molecule has 3 heterocycles. The fourth-order valence-electron chi connectivity index (χ4n) is 3.65. The molecule has 0 saturated carbocycles. The van der Waals surface area contributed by atoms with E-state index in [-0.39, 0.29) is 12.4 Å². The third-order valence-corrected chi connectivity index (χ3v) is 5.93. The number of nitrogens with zero attached hydrogens (tertiary/aromatic N) is 6. The van der Waals surface area contributed by atoms with Crippen molar-refractivity contribution in [2.75, 3.05) is 5.73 Å². The van der Waals surface area contributed by atoms with Crippen molar-refractivity contribution in [1.82, 2.24) is 29.9 Å². The summed E-state index contributed by atoms with van der Waals surface area (Å²) in [6.45, 7) is 6.01. The van der Waals surface area contributed by atoms with Gasteiger partial charge in [-0.1, -0.05) is 54.9 Å². The Bertz CT molecular complexity index is 1370. The number of benzene rings is 1. The molecule has 4 aromatic rings. The van der Waals surface area contributed by atoms with E-state index < -0.39 is 11.4 Å². The van der Waals surface area contributed by atoms with Crippen LogP contribution >= 0.6 is 11.6 Å². The zero-order valence-electron chi connectivity index (χ0n) is 19.0. The van der Waals surface area contributed by atoms with Crippen LogP contribution in [0.2, 0.25) is 5.02 Å². The Hall–Kier alpha value is -3.85. The summed E-state index contributed by atoms with van der Waals surface area (Å²) in [6.07, 6.45) is 1.74. The first-order chi connectivity index (χ1) is 16.1. The molecule has 0 aliphatic rings. The van der Waals surface area contributed by atoms with Crippen molar-refractivity contribution in [2.24, 2.45) is 0 Å². The monoisotopic (exact) mass is 477 g/mol. The Labute approximate surface area is 201 Å². The number of anilines is 1. The standard InChI is InChI=1S/C24H24ClN7O2/c1-14-6-4-8-16(22(14)25)17-10-18(29-23(26)28-17)19-13-32(31-30-19)12-15-7-5-9-20(27-15)24(2,3)11-21(33)34/h4-10,13H,11-12H2,1-3H3,(H,33,34)(H2,26,28,29). The number of carbonyl (C=O) groups is 1. The number of aliphatic carboxylic acids is 1. The molecule has 34 heavy (non-hydrogen) atoms. The highest BCUT2D eigenvalue weighted by atomic mass is 35.5. The van der Waals surface area contributed by atoms with Crippen molar-refractivity contribution in [3.63, 3.8) is 0 Å². The summed E-state index contributed by atoms with van der Waals surface area (Å²) in [5.41, 5.74) is 10.2. The third-order valence-electron chi connectivity index (χ3n) is 5.43. The number of hydrogen-bond donors (Lipinski definition) is 2. The van der Waals surface area contributed by atoms with Gasteiger partial charge in [-0.2, -0.15) is 0 Å². The Morgan fingerprint density at radius 2 is 1.82 bits per heavy atom. The smallest absolute Gasteiger partial charge is 0.304 e. The molecule has 1 aromatic carbocycles. The normalized spacial score (nSPS) is 11.5. The maximum absolute atomic E-state index is 11.2. The first kappa shape index (κ1) is 23.3. The van der Waals surface area contributed by atoms with Crippen LogP contribution in [0, 0.1) is 6.92 Å². The Balaban J connectivity index is 1.60. The van der Waals surface area contributed by atoms with Crippen molar-refractivity contribution in [3.8, 4) is 22.6 Å². The molecule has 9 nitrogen and oxygen atoms in total. The average molecular weight is 478 g/mol. The summed E-state index contributed by atoms with van der Waals surface area (Å²) in [7, 11) is 0. The molecule has 10 heteroatoms. The number of carboxylic acids is 1. The number of rotatable bonds is 7. The minimum absolute atomic E-state index is 0.0145. The van der Waals surface area contributed by atoms with Gasteiger partial charge in [0.1, 0.15) is 5.69 Å². The Morgan fingerprint density at radius 3 is 2.59 bits per heavy atom. The molecule has 3 aromatic heterocycles. The maximum Gasteiger partial charge on any atom is 0.304 e. The second-order valence-electron chi connectivity index (χ2n) is 8.70. The molecule has 0 aliphatic heterocycles. The molecule has 174 valence electrons. The lowest BCUT2D eigenvalue weighted by molar-refractivity contribution is -0.138. The quantitative estimate of drug-likeness (QED) is 0.405. The number of pyridine rings is 1. The zero-order valence-corrected chi connectivity index (χ0v) is 19.8. The van der Waals surface area contributed by atoms with Gasteiger partial charge in [0.05, 0.1) is 41.3 Å². The van der Waals surface area contributed by atoms with Gasteiger partial charge in [-0.3, -0.25) is 9.78 Å². The minimum atomic E-state index is -0.867. The molecule has 0 saturated heterocycles. The van der Waals surface area contributed by atoms with E-state index in [1.54, 1.807) is 16.9 Å². The average Bonchev–Trinajstić information content (AvgIpc) is 3.23. The van der Waals surface area contributed by atoms with Crippen LogP contribution in [0.25, 0.3) is 22.6 Å². The molecule has 0 spiro atoms. The predicted octanol–water partition coefficient (Wildman–Crippen LogP) is 4.14. The van der Waals surface area contributed by atoms with E-state index in [1.165, 1.54) is 0 Å². The summed E-state index contributed by atoms with van der Waals surface area (Å²) in [5, 5.41) is 18.2. The van der Waals surface area contributed by atoms with Crippen molar-refractivity contribution in [1.29, 1.82) is 0 Å². The molecular formula is C24H24ClN7O2. The van der Waals surface area contributed by atoms with Crippen LogP contribution in [0.1, 0.15) is 37.2 Å². The van der Waals surface area contributed by atoms with Gasteiger partial charge in [-0.05, 0) is 30.7 Å². The number of aromatic nitrogens is 6. The molecule has 0 aliphatic carbocycles. The van der Waals surface area contributed by atoms with Gasteiger partial charge in [0.25, 0.3) is 0 Å². The van der Waals surface area contributed by atoms with Crippen LogP contribution in [-0.2, 0) is 16.8 Å². The summed E-state index contributed by atoms with van der Waals surface area (Å²) < 4.78 is 1.64. The van der Waals surface area contributed by atoms with Crippen molar-refractivity contribution in [3.05, 3.63) is 70.6 Å². The topological polar surface area (TPSA) is 133 Å². The molecule has 0 atom stereocenters. The molecular weight excluding hydrogens is 454 g/mol. The maximum atomic E-state index is 11.2. The molecule has 4 rings (SSSR count). The molecule has 0 fully saturated rings. The van der Waals surface area contributed by atoms with Crippen molar-refractivity contribution in [2.45, 2.75) is 39.2 Å². The van der Waals surface area contributed by atoms with E-state index in [2.05, 4.69) is 25.3 Å². The molecule has 0 radical (unpaired) electrons. The van der Waals surface area contributed by atoms with Crippen LogP contribution < -0.4 is 5.73 Å². The highest BCUT2D eigenvalue weighted by Gasteiger charge is 2.26. The number of aryl methyl sites for hydroxylation is 1. The van der Waals surface area contributed by atoms with E-state index in [0.717, 1.165) is 16.8 Å². The Morgan fingerprint density at radius 1 is 1.09 bits per heavy atom. The molecule has 0 amide bonds. The summed E-state index contributed by atoms with van der Waals surface area (Å²) in [4.78, 5) is 24.5. The molecule has 0 unspecified atom stereocenters. The van der Waals surface area contributed by atoms with Gasteiger partial charge in [-0.15, -0.1) is 5.10 Å². The highest BCUT2D eigenvalue weighted by molar-refractivity contribution is 6.34. The number of hydrogen-bond acceptors (Lipinski definition) is 7. The summed E-state index contributed by atoms with van der Waals surface area (Å²) >= 11 is 6.47. The number of halogens is 1. The molecule has 0 bridgehead atoms. The number of nitrogen functional groups attached to an aromatic ring is 1. The fraction of sp³-hybridized carbons (Fsp3) is 0.250. The van der Waals surface area contributed by atoms with Crippen molar-refractivity contribution < 1.29 is 9.90 Å². The van der Waals surface area contributed by atoms with Gasteiger partial charge >= 0.3 is 5.97 Å². The fourth-order valence-corrected chi connectivity index (χ4v) is 3.88. The summed E-state index contributed by atoms with van der Waals surface area (Å²) in [5.74, 6) is -0.761. The Kier molecular flexibility index (Phi) is 6.30. The lowest BCUT2D eigenvalue weighted by Gasteiger charge is -2.22. The summed E-state index contributed by atoms with van der Waals surface area (Å²) in [6, 6.07) is 13.0. The van der Waals surface area contributed by atoms with E-state index in [4.69, 9.17) is 17.3 Å². The minimum Gasteiger partial charge on any atom is -0.481 e. The lowest BCUT2D eigenvalue weighted by Crippen LogP contribution is -2.23. The van der Waals surface area contributed by atoms with Gasteiger partial charge in [-0.25, -0.2) is 14.6 Å².